The van der Waals surface area contributed by atoms with Crippen molar-refractivity contribution in [2.75, 3.05) is 33.2 Å². The summed E-state index contributed by atoms with van der Waals surface area (Å²) >= 11 is 0. The Kier molecular flexibility index (Phi) is 6.36. The maximum atomic E-state index is 12.0. The summed E-state index contributed by atoms with van der Waals surface area (Å²) in [5, 5.41) is 0. The molecule has 100 valence electrons. The lowest BCUT2D eigenvalue weighted by Crippen LogP contribution is -2.39. The quantitative estimate of drug-likeness (QED) is 0.733. The zero-order valence-corrected chi connectivity index (χ0v) is 11.6. The summed E-state index contributed by atoms with van der Waals surface area (Å²) in [6, 6.07) is 3.98. The summed E-state index contributed by atoms with van der Waals surface area (Å²) < 4.78 is 0. The fraction of sp³-hybridized carbons (Fsp3) is 0.571. The van der Waals surface area contributed by atoms with Gasteiger partial charge in [0.2, 0.25) is 5.91 Å². The van der Waals surface area contributed by atoms with E-state index in [1.165, 1.54) is 5.56 Å². The molecule has 0 fully saturated rings. The fourth-order valence-corrected chi connectivity index (χ4v) is 1.73. The first-order chi connectivity index (χ1) is 8.67. The minimum Gasteiger partial charge on any atom is -0.344 e. The number of nitrogens with zero attached hydrogens (tertiary/aromatic N) is 3. The van der Waals surface area contributed by atoms with Gasteiger partial charge in [0.1, 0.15) is 0 Å². The van der Waals surface area contributed by atoms with E-state index in [-0.39, 0.29) is 5.91 Å². The van der Waals surface area contributed by atoms with Gasteiger partial charge in [0.05, 0.1) is 6.54 Å². The minimum atomic E-state index is 0.188. The number of carbonyl (C=O) groups is 1. The van der Waals surface area contributed by atoms with Gasteiger partial charge in [0.15, 0.2) is 0 Å². The minimum absolute atomic E-state index is 0.188. The maximum Gasteiger partial charge on any atom is 0.236 e. The molecule has 0 N–H and O–H groups in total. The number of pyridine rings is 1. The second kappa shape index (κ2) is 7.82. The fourth-order valence-electron chi connectivity index (χ4n) is 1.73. The van der Waals surface area contributed by atoms with Crippen molar-refractivity contribution in [1.29, 1.82) is 0 Å². The number of carbonyl (C=O) groups excluding carboxylic acids is 1. The largest absolute Gasteiger partial charge is 0.344 e. The Balaban J connectivity index is 2.36. The summed E-state index contributed by atoms with van der Waals surface area (Å²) in [5.74, 6) is 0.188. The first-order valence-electron chi connectivity index (χ1n) is 6.52. The number of aromatic nitrogens is 1. The standard InChI is InChI=1S/C14H23N3O/c1-4-17(5-2)12-14(18)16(3)11-8-13-6-9-15-10-7-13/h6-7,9-10H,4-5,8,11-12H2,1-3H3. The van der Waals surface area contributed by atoms with Crippen LogP contribution in [-0.4, -0.2) is 53.9 Å². The first kappa shape index (κ1) is 14.6. The van der Waals surface area contributed by atoms with Gasteiger partial charge in [-0.1, -0.05) is 13.8 Å². The molecule has 1 aromatic heterocycles. The highest BCUT2D eigenvalue weighted by molar-refractivity contribution is 5.77. The Morgan fingerprint density at radius 2 is 1.83 bits per heavy atom. The Labute approximate surface area is 110 Å². The van der Waals surface area contributed by atoms with Gasteiger partial charge < -0.3 is 4.90 Å². The summed E-state index contributed by atoms with van der Waals surface area (Å²) in [7, 11) is 1.87. The molecule has 0 aliphatic heterocycles. The Hall–Kier alpha value is -1.42. The molecule has 0 spiro atoms. The smallest absolute Gasteiger partial charge is 0.236 e. The number of amides is 1. The van der Waals surface area contributed by atoms with Crippen LogP contribution in [-0.2, 0) is 11.2 Å². The summed E-state index contributed by atoms with van der Waals surface area (Å²) in [5.41, 5.74) is 1.22. The number of likely N-dealkylation sites (N-methyl/N-ethyl adjacent to an activating group) is 2. The lowest BCUT2D eigenvalue weighted by Gasteiger charge is -2.22. The van der Waals surface area contributed by atoms with Gasteiger partial charge in [-0.05, 0) is 37.2 Å². The molecule has 1 aromatic rings. The zero-order chi connectivity index (χ0) is 13.4. The van der Waals surface area contributed by atoms with Gasteiger partial charge in [-0.25, -0.2) is 0 Å². The number of rotatable bonds is 7. The van der Waals surface area contributed by atoms with Crippen LogP contribution in [0.3, 0.4) is 0 Å². The van der Waals surface area contributed by atoms with Gasteiger partial charge in [-0.3, -0.25) is 14.7 Å². The molecular formula is C14H23N3O. The molecule has 1 rings (SSSR count). The van der Waals surface area contributed by atoms with Crippen molar-refractivity contribution >= 4 is 5.91 Å². The predicted octanol–water partition coefficient (Wildman–Crippen LogP) is 1.42. The topological polar surface area (TPSA) is 36.4 Å². The Morgan fingerprint density at radius 1 is 1.22 bits per heavy atom. The molecular weight excluding hydrogens is 226 g/mol. The lowest BCUT2D eigenvalue weighted by atomic mass is 10.2. The number of hydrogen-bond donors (Lipinski definition) is 0. The van der Waals surface area contributed by atoms with Crippen LogP contribution < -0.4 is 0 Å². The molecule has 0 unspecified atom stereocenters. The Bertz CT molecular complexity index is 349. The Morgan fingerprint density at radius 3 is 2.39 bits per heavy atom. The third kappa shape index (κ3) is 4.84. The van der Waals surface area contributed by atoms with Gasteiger partial charge in [0.25, 0.3) is 0 Å². The molecule has 0 aliphatic rings. The van der Waals surface area contributed by atoms with Crippen LogP contribution in [0.15, 0.2) is 24.5 Å². The molecule has 4 nitrogen and oxygen atoms in total. The second-order valence-corrected chi connectivity index (χ2v) is 4.38. The van der Waals surface area contributed by atoms with Gasteiger partial charge in [-0.15, -0.1) is 0 Å². The van der Waals surface area contributed by atoms with Crippen molar-refractivity contribution in [3.63, 3.8) is 0 Å². The van der Waals surface area contributed by atoms with E-state index in [9.17, 15) is 4.79 Å². The molecule has 1 amide bonds. The highest BCUT2D eigenvalue weighted by atomic mass is 16.2. The van der Waals surface area contributed by atoms with E-state index in [0.717, 1.165) is 26.1 Å². The number of hydrogen-bond acceptors (Lipinski definition) is 3. The van der Waals surface area contributed by atoms with Crippen LogP contribution in [0, 0.1) is 0 Å². The van der Waals surface area contributed by atoms with Crippen molar-refractivity contribution in [2.24, 2.45) is 0 Å². The van der Waals surface area contributed by atoms with Gasteiger partial charge in [0, 0.05) is 26.0 Å². The molecule has 0 bridgehead atoms. The highest BCUT2D eigenvalue weighted by Crippen LogP contribution is 2.00. The molecule has 0 aromatic carbocycles. The summed E-state index contributed by atoms with van der Waals surface area (Å²) in [6.45, 7) is 7.26. The van der Waals surface area contributed by atoms with Crippen LogP contribution in [0.25, 0.3) is 0 Å². The van der Waals surface area contributed by atoms with Crippen LogP contribution >= 0.6 is 0 Å². The SMILES string of the molecule is CCN(CC)CC(=O)N(C)CCc1ccncc1. The first-order valence-corrected chi connectivity index (χ1v) is 6.52. The van der Waals surface area contributed by atoms with Crippen LogP contribution in [0.5, 0.6) is 0 Å². The lowest BCUT2D eigenvalue weighted by molar-refractivity contribution is -0.131. The van der Waals surface area contributed by atoms with E-state index in [4.69, 9.17) is 0 Å². The second-order valence-electron chi connectivity index (χ2n) is 4.38. The van der Waals surface area contributed by atoms with Crippen LogP contribution in [0.2, 0.25) is 0 Å². The molecule has 18 heavy (non-hydrogen) atoms. The highest BCUT2D eigenvalue weighted by Gasteiger charge is 2.11. The van der Waals surface area contributed by atoms with Gasteiger partial charge >= 0.3 is 0 Å². The van der Waals surface area contributed by atoms with Crippen molar-refractivity contribution in [1.82, 2.24) is 14.8 Å². The van der Waals surface area contributed by atoms with E-state index in [2.05, 4.69) is 23.7 Å². The summed E-state index contributed by atoms with van der Waals surface area (Å²) in [6.07, 6.45) is 4.45. The van der Waals surface area contributed by atoms with E-state index < -0.39 is 0 Å². The average molecular weight is 249 g/mol. The van der Waals surface area contributed by atoms with Crippen LogP contribution in [0.4, 0.5) is 0 Å². The van der Waals surface area contributed by atoms with E-state index in [1.54, 1.807) is 17.3 Å². The van der Waals surface area contributed by atoms with Crippen molar-refractivity contribution in [3.8, 4) is 0 Å². The van der Waals surface area contributed by atoms with Crippen molar-refractivity contribution < 1.29 is 4.79 Å². The molecule has 4 heteroatoms. The molecule has 0 saturated heterocycles. The molecule has 0 saturated carbocycles. The third-order valence-corrected chi connectivity index (χ3v) is 3.16. The zero-order valence-electron chi connectivity index (χ0n) is 11.6. The molecule has 0 radical (unpaired) electrons. The third-order valence-electron chi connectivity index (χ3n) is 3.16. The molecule has 0 aliphatic carbocycles. The van der Waals surface area contributed by atoms with Crippen LogP contribution in [0.1, 0.15) is 19.4 Å². The maximum absolute atomic E-state index is 12.0. The van der Waals surface area contributed by atoms with E-state index >= 15 is 0 Å². The summed E-state index contributed by atoms with van der Waals surface area (Å²) in [4.78, 5) is 19.9. The van der Waals surface area contributed by atoms with E-state index in [1.807, 2.05) is 19.2 Å². The predicted molar refractivity (Wildman–Crippen MR) is 73.4 cm³/mol. The van der Waals surface area contributed by atoms with Crippen molar-refractivity contribution in [2.45, 2.75) is 20.3 Å². The van der Waals surface area contributed by atoms with Crippen molar-refractivity contribution in [3.05, 3.63) is 30.1 Å². The molecule has 0 atom stereocenters. The van der Waals surface area contributed by atoms with E-state index in [0.29, 0.717) is 6.54 Å². The normalized spacial score (nSPS) is 10.7. The van der Waals surface area contributed by atoms with Gasteiger partial charge in [-0.2, -0.15) is 0 Å². The monoisotopic (exact) mass is 249 g/mol. The molecule has 1 heterocycles. The average Bonchev–Trinajstić information content (AvgIpc) is 2.42.